The highest BCUT2D eigenvalue weighted by Gasteiger charge is 2.59. The van der Waals surface area contributed by atoms with Gasteiger partial charge < -0.3 is 10.2 Å². The van der Waals surface area contributed by atoms with Gasteiger partial charge in [0.25, 0.3) is 5.97 Å². The van der Waals surface area contributed by atoms with E-state index in [1.807, 2.05) is 0 Å². The Balaban J connectivity index is 0.000000795. The van der Waals surface area contributed by atoms with Crippen molar-refractivity contribution in [3.8, 4) is 0 Å². The van der Waals surface area contributed by atoms with E-state index in [1.165, 1.54) is 57.8 Å². The van der Waals surface area contributed by atoms with Gasteiger partial charge in [0.2, 0.25) is 0 Å². The SMILES string of the molecule is CC(=O)O.CC(C)CCCC(C)C1(C)CC=C2C3=C(CCC21C)C1(C)CCC(O)C(C)(C)C1CC3. The van der Waals surface area contributed by atoms with Gasteiger partial charge in [0.1, 0.15) is 0 Å². The van der Waals surface area contributed by atoms with Gasteiger partial charge in [-0.15, -0.1) is 0 Å². The molecule has 6 unspecified atom stereocenters. The van der Waals surface area contributed by atoms with Crippen LogP contribution in [0.3, 0.4) is 0 Å². The third-order valence-electron chi connectivity index (χ3n) is 11.5. The van der Waals surface area contributed by atoms with Crippen LogP contribution in [0.2, 0.25) is 0 Å². The Morgan fingerprint density at radius 3 is 2.26 bits per heavy atom. The summed E-state index contributed by atoms with van der Waals surface area (Å²) in [6.45, 7) is 20.8. The molecule has 0 amide bonds. The Bertz CT molecular complexity index is 860. The minimum atomic E-state index is -0.833. The Hall–Kier alpha value is -1.09. The Labute approximate surface area is 215 Å². The van der Waals surface area contributed by atoms with Gasteiger partial charge in [0.15, 0.2) is 0 Å². The number of fused-ring (bicyclic) bond motifs is 4. The van der Waals surface area contributed by atoms with Crippen molar-refractivity contribution < 1.29 is 15.0 Å². The molecule has 0 aliphatic heterocycles. The molecule has 4 rings (SSSR count). The first kappa shape index (κ1) is 28.5. The van der Waals surface area contributed by atoms with Crippen LogP contribution in [0, 0.1) is 39.4 Å². The highest BCUT2D eigenvalue weighted by atomic mass is 16.4. The van der Waals surface area contributed by atoms with Crippen molar-refractivity contribution in [2.75, 3.05) is 0 Å². The largest absolute Gasteiger partial charge is 0.481 e. The highest BCUT2D eigenvalue weighted by molar-refractivity contribution is 5.63. The summed E-state index contributed by atoms with van der Waals surface area (Å²) in [5.41, 5.74) is 6.38. The van der Waals surface area contributed by atoms with Gasteiger partial charge in [-0.25, -0.2) is 0 Å². The van der Waals surface area contributed by atoms with E-state index < -0.39 is 5.97 Å². The smallest absolute Gasteiger partial charge is 0.300 e. The summed E-state index contributed by atoms with van der Waals surface area (Å²) in [7, 11) is 0. The van der Waals surface area contributed by atoms with Gasteiger partial charge in [-0.05, 0) is 95.5 Å². The van der Waals surface area contributed by atoms with Gasteiger partial charge in [0, 0.05) is 6.92 Å². The zero-order chi connectivity index (χ0) is 26.4. The molecule has 200 valence electrons. The number of hydrogen-bond acceptors (Lipinski definition) is 2. The molecule has 0 aromatic rings. The van der Waals surface area contributed by atoms with Crippen molar-refractivity contribution in [3.05, 3.63) is 22.8 Å². The topological polar surface area (TPSA) is 57.5 Å². The van der Waals surface area contributed by atoms with E-state index in [0.29, 0.717) is 22.2 Å². The van der Waals surface area contributed by atoms with Crippen LogP contribution in [0.15, 0.2) is 22.8 Å². The van der Waals surface area contributed by atoms with E-state index in [2.05, 4.69) is 61.5 Å². The normalized spacial score (nSPS) is 38.5. The fourth-order valence-electron chi connectivity index (χ4n) is 8.83. The molecule has 0 aromatic carbocycles. The van der Waals surface area contributed by atoms with Crippen molar-refractivity contribution in [1.82, 2.24) is 0 Å². The molecule has 1 fully saturated rings. The molecule has 0 saturated heterocycles. The predicted octanol–water partition coefficient (Wildman–Crippen LogP) is 8.57. The first-order valence-corrected chi connectivity index (χ1v) is 14.4. The second-order valence-electron chi connectivity index (χ2n) is 14.2. The number of rotatable bonds is 5. The second-order valence-corrected chi connectivity index (χ2v) is 14.2. The molecule has 1 saturated carbocycles. The Morgan fingerprint density at radius 1 is 1.03 bits per heavy atom. The molecule has 0 spiro atoms. The van der Waals surface area contributed by atoms with E-state index >= 15 is 0 Å². The van der Waals surface area contributed by atoms with Crippen LogP contribution in [0.4, 0.5) is 0 Å². The summed E-state index contributed by atoms with van der Waals surface area (Å²) in [4.78, 5) is 9.00. The van der Waals surface area contributed by atoms with Crippen LogP contribution in [0.1, 0.15) is 127 Å². The molecule has 6 atom stereocenters. The van der Waals surface area contributed by atoms with E-state index in [9.17, 15) is 5.11 Å². The summed E-state index contributed by atoms with van der Waals surface area (Å²) in [6, 6.07) is 0. The molecule has 35 heavy (non-hydrogen) atoms. The number of aliphatic hydroxyl groups excluding tert-OH is 1. The van der Waals surface area contributed by atoms with Crippen LogP contribution in [0.5, 0.6) is 0 Å². The lowest BCUT2D eigenvalue weighted by Crippen LogP contribution is -2.53. The van der Waals surface area contributed by atoms with E-state index in [0.717, 1.165) is 25.2 Å². The predicted molar refractivity (Wildman–Crippen MR) is 146 cm³/mol. The van der Waals surface area contributed by atoms with Gasteiger partial charge in [-0.1, -0.05) is 86.3 Å². The zero-order valence-corrected chi connectivity index (χ0v) is 24.3. The number of carboxylic acid groups (broad SMARTS) is 1. The zero-order valence-electron chi connectivity index (χ0n) is 24.3. The maximum Gasteiger partial charge on any atom is 0.300 e. The summed E-state index contributed by atoms with van der Waals surface area (Å²) in [6.07, 6.45) is 15.2. The summed E-state index contributed by atoms with van der Waals surface area (Å²) >= 11 is 0. The van der Waals surface area contributed by atoms with Gasteiger partial charge in [0.05, 0.1) is 6.10 Å². The molecule has 0 bridgehead atoms. The maximum atomic E-state index is 10.8. The van der Waals surface area contributed by atoms with Crippen molar-refractivity contribution in [2.24, 2.45) is 39.4 Å². The quantitative estimate of drug-likeness (QED) is 0.409. The van der Waals surface area contributed by atoms with Crippen LogP contribution >= 0.6 is 0 Å². The fourth-order valence-corrected chi connectivity index (χ4v) is 8.83. The molecule has 3 heteroatoms. The van der Waals surface area contributed by atoms with Crippen molar-refractivity contribution in [2.45, 2.75) is 133 Å². The van der Waals surface area contributed by atoms with Gasteiger partial charge in [-0.2, -0.15) is 0 Å². The second kappa shape index (κ2) is 9.99. The third-order valence-corrected chi connectivity index (χ3v) is 11.5. The Kier molecular flexibility index (Phi) is 8.13. The number of aliphatic hydroxyl groups is 1. The monoisotopic (exact) mass is 486 g/mol. The fraction of sp³-hybridized carbons (Fsp3) is 0.844. The average Bonchev–Trinajstić information content (AvgIpc) is 3.02. The van der Waals surface area contributed by atoms with Crippen LogP contribution < -0.4 is 0 Å². The number of hydrogen-bond donors (Lipinski definition) is 2. The molecule has 0 radical (unpaired) electrons. The van der Waals surface area contributed by atoms with E-state index in [1.54, 1.807) is 16.7 Å². The van der Waals surface area contributed by atoms with Crippen molar-refractivity contribution in [3.63, 3.8) is 0 Å². The van der Waals surface area contributed by atoms with Gasteiger partial charge in [-0.3, -0.25) is 4.79 Å². The standard InChI is InChI=1S/C30H50O.C2H4O2/c1-20(2)10-9-11-21(3)29(7)18-15-24-22-12-13-25-27(4,5)26(31)16-17-28(25,6)23(22)14-19-30(24,29)8;1-2(3)4/h15,20-21,25-26,31H,9-14,16-19H2,1-8H3;1H3,(H,3,4). The molecule has 4 aliphatic carbocycles. The van der Waals surface area contributed by atoms with Crippen molar-refractivity contribution >= 4 is 5.97 Å². The Morgan fingerprint density at radius 2 is 1.66 bits per heavy atom. The third kappa shape index (κ3) is 4.80. The lowest BCUT2D eigenvalue weighted by Gasteiger charge is -2.60. The molecule has 4 aliphatic rings. The molecule has 0 aromatic heterocycles. The number of carboxylic acids is 1. The summed E-state index contributed by atoms with van der Waals surface area (Å²) in [5.74, 6) is 1.39. The van der Waals surface area contributed by atoms with E-state index in [-0.39, 0.29) is 11.5 Å². The maximum absolute atomic E-state index is 10.8. The first-order chi connectivity index (χ1) is 16.1. The molecular formula is C32H54O3. The minimum absolute atomic E-state index is 0.0375. The van der Waals surface area contributed by atoms with Crippen LogP contribution in [-0.2, 0) is 4.79 Å². The summed E-state index contributed by atoms with van der Waals surface area (Å²) < 4.78 is 0. The lowest BCUT2D eigenvalue weighted by atomic mass is 9.45. The highest BCUT2D eigenvalue weighted by Crippen LogP contribution is 2.69. The van der Waals surface area contributed by atoms with Crippen LogP contribution in [-0.4, -0.2) is 22.3 Å². The molecular weight excluding hydrogens is 432 g/mol. The number of allylic oxidation sites excluding steroid dienone is 4. The van der Waals surface area contributed by atoms with Crippen LogP contribution in [0.25, 0.3) is 0 Å². The molecule has 0 heterocycles. The van der Waals surface area contributed by atoms with Gasteiger partial charge >= 0.3 is 0 Å². The molecule has 2 N–H and O–H groups in total. The lowest BCUT2D eigenvalue weighted by molar-refractivity contribution is -0.134. The summed E-state index contributed by atoms with van der Waals surface area (Å²) in [5, 5.41) is 18.2. The number of aliphatic carboxylic acids is 1. The minimum Gasteiger partial charge on any atom is -0.481 e. The van der Waals surface area contributed by atoms with E-state index in [4.69, 9.17) is 9.90 Å². The average molecular weight is 487 g/mol. The first-order valence-electron chi connectivity index (χ1n) is 14.4. The number of carbonyl (C=O) groups is 1. The molecule has 3 nitrogen and oxygen atoms in total. The van der Waals surface area contributed by atoms with Crippen molar-refractivity contribution in [1.29, 1.82) is 0 Å².